The van der Waals surface area contributed by atoms with Crippen LogP contribution in [0.4, 0.5) is 0 Å². The van der Waals surface area contributed by atoms with Crippen molar-refractivity contribution in [1.29, 1.82) is 0 Å². The van der Waals surface area contributed by atoms with Crippen molar-refractivity contribution < 1.29 is 4.79 Å². The lowest BCUT2D eigenvalue weighted by Crippen LogP contribution is -2.26. The highest BCUT2D eigenvalue weighted by molar-refractivity contribution is 9.10. The number of nitrogens with zero attached hydrogens (tertiary/aromatic N) is 8. The Balaban J connectivity index is 1.67. The maximum absolute atomic E-state index is 13.0. The van der Waals surface area contributed by atoms with Crippen molar-refractivity contribution in [1.82, 2.24) is 39.1 Å². The number of hydrogen-bond donors (Lipinski definition) is 0. The highest BCUT2D eigenvalue weighted by Crippen LogP contribution is 2.27. The molecule has 0 spiro atoms. The minimum atomic E-state index is -0.178. The van der Waals surface area contributed by atoms with E-state index in [-0.39, 0.29) is 5.91 Å². The monoisotopic (exact) mass is 456 g/mol. The van der Waals surface area contributed by atoms with Crippen molar-refractivity contribution in [3.05, 3.63) is 52.1 Å². The van der Waals surface area contributed by atoms with Crippen molar-refractivity contribution in [2.24, 2.45) is 7.05 Å². The van der Waals surface area contributed by atoms with Gasteiger partial charge in [0.15, 0.2) is 11.3 Å². The second-order valence-corrected chi connectivity index (χ2v) is 7.74. The average molecular weight is 457 g/mol. The number of aryl methyl sites for hydroxylation is 3. The van der Waals surface area contributed by atoms with E-state index in [0.717, 1.165) is 33.7 Å². The van der Waals surface area contributed by atoms with Gasteiger partial charge in [-0.15, -0.1) is 0 Å². The van der Waals surface area contributed by atoms with Crippen LogP contribution in [-0.2, 0) is 20.1 Å². The lowest BCUT2D eigenvalue weighted by Gasteiger charge is -2.15. The first-order valence-electron chi connectivity index (χ1n) is 9.20. The molecule has 0 aliphatic rings. The highest BCUT2D eigenvalue weighted by Gasteiger charge is 2.20. The molecule has 9 nitrogen and oxygen atoms in total. The van der Waals surface area contributed by atoms with Crippen molar-refractivity contribution in [3.8, 4) is 11.4 Å². The molecule has 4 heterocycles. The van der Waals surface area contributed by atoms with Gasteiger partial charge in [-0.2, -0.15) is 15.3 Å². The van der Waals surface area contributed by atoms with E-state index >= 15 is 0 Å². The van der Waals surface area contributed by atoms with Gasteiger partial charge in [0.05, 0.1) is 15.9 Å². The Morgan fingerprint density at radius 3 is 2.69 bits per heavy atom. The molecule has 0 bridgehead atoms. The number of fused-ring (bicyclic) bond motifs is 1. The minimum absolute atomic E-state index is 0.178. The van der Waals surface area contributed by atoms with Gasteiger partial charge in [-0.3, -0.25) is 14.2 Å². The smallest absolute Gasteiger partial charge is 0.274 e. The van der Waals surface area contributed by atoms with Crippen LogP contribution in [0.15, 0.2) is 35.2 Å². The molecule has 0 N–H and O–H groups in total. The van der Waals surface area contributed by atoms with Crippen LogP contribution >= 0.6 is 15.9 Å². The third-order valence-electron chi connectivity index (χ3n) is 4.73. The summed E-state index contributed by atoms with van der Waals surface area (Å²) >= 11 is 3.56. The van der Waals surface area contributed by atoms with Gasteiger partial charge in [-0.1, -0.05) is 0 Å². The fourth-order valence-electron chi connectivity index (χ4n) is 3.24. The van der Waals surface area contributed by atoms with Gasteiger partial charge in [0.25, 0.3) is 5.91 Å². The Labute approximate surface area is 176 Å². The topological polar surface area (TPSA) is 86.1 Å². The zero-order chi connectivity index (χ0) is 20.7. The lowest BCUT2D eigenvalue weighted by atomic mass is 10.2. The summed E-state index contributed by atoms with van der Waals surface area (Å²) in [5.74, 6) is -0.178. The van der Waals surface area contributed by atoms with E-state index in [2.05, 4.69) is 36.2 Å². The van der Waals surface area contributed by atoms with Crippen LogP contribution in [0.25, 0.3) is 17.0 Å². The Morgan fingerprint density at radius 2 is 2.03 bits per heavy atom. The molecule has 29 heavy (non-hydrogen) atoms. The van der Waals surface area contributed by atoms with E-state index in [4.69, 9.17) is 0 Å². The average Bonchev–Trinajstić information content (AvgIpc) is 3.37. The molecule has 10 heteroatoms. The molecule has 0 unspecified atom stereocenters. The summed E-state index contributed by atoms with van der Waals surface area (Å²) in [4.78, 5) is 19.0. The number of rotatable bonds is 5. The number of hydrogen-bond acceptors (Lipinski definition) is 5. The molecular weight excluding hydrogens is 436 g/mol. The first kappa shape index (κ1) is 19.3. The van der Waals surface area contributed by atoms with Gasteiger partial charge in [0.2, 0.25) is 0 Å². The second kappa shape index (κ2) is 7.43. The quantitative estimate of drug-likeness (QED) is 0.460. The van der Waals surface area contributed by atoms with Gasteiger partial charge in [-0.05, 0) is 35.8 Å². The summed E-state index contributed by atoms with van der Waals surface area (Å²) in [5.41, 5.74) is 4.34. The van der Waals surface area contributed by atoms with Crippen molar-refractivity contribution in [3.63, 3.8) is 0 Å². The van der Waals surface area contributed by atoms with Gasteiger partial charge in [0.1, 0.15) is 5.69 Å². The van der Waals surface area contributed by atoms with E-state index in [1.165, 1.54) is 0 Å². The van der Waals surface area contributed by atoms with E-state index < -0.39 is 0 Å². The van der Waals surface area contributed by atoms with Crippen molar-refractivity contribution in [2.45, 2.75) is 26.9 Å². The third kappa shape index (κ3) is 3.55. The molecule has 4 aromatic rings. The number of aromatic nitrogens is 7. The molecule has 1 amide bonds. The number of amides is 1. The molecule has 0 saturated heterocycles. The fraction of sp³-hybridized carbons (Fsp3) is 0.316. The van der Waals surface area contributed by atoms with Crippen LogP contribution in [0.3, 0.4) is 0 Å². The van der Waals surface area contributed by atoms with Gasteiger partial charge < -0.3 is 4.90 Å². The lowest BCUT2D eigenvalue weighted by molar-refractivity contribution is 0.0778. The van der Waals surface area contributed by atoms with Crippen LogP contribution in [0, 0.1) is 6.92 Å². The minimum Gasteiger partial charge on any atom is -0.336 e. The molecule has 150 valence electrons. The molecule has 0 aliphatic carbocycles. The van der Waals surface area contributed by atoms with E-state index in [1.807, 2.05) is 44.0 Å². The maximum atomic E-state index is 13.0. The molecular formula is C19H21BrN8O. The van der Waals surface area contributed by atoms with E-state index in [0.29, 0.717) is 17.9 Å². The zero-order valence-electron chi connectivity index (χ0n) is 16.7. The first-order chi connectivity index (χ1) is 13.9. The molecule has 0 aromatic carbocycles. The first-order valence-corrected chi connectivity index (χ1v) is 9.99. The van der Waals surface area contributed by atoms with Crippen LogP contribution in [-0.4, -0.2) is 52.0 Å². The standard InChI is InChI=1S/C19H21BrN8O/c1-5-27-11-14(20)18(24-27)16-6-7-21-17-8-15(23-28(16)17)19(29)25(3)9-13-10-26(4)22-12(13)2/h6-8,10-11H,5,9H2,1-4H3. The molecule has 4 rings (SSSR count). The van der Waals surface area contributed by atoms with Gasteiger partial charge >= 0.3 is 0 Å². The Morgan fingerprint density at radius 1 is 1.24 bits per heavy atom. The summed E-state index contributed by atoms with van der Waals surface area (Å²) in [7, 11) is 3.62. The normalized spacial score (nSPS) is 11.3. The van der Waals surface area contributed by atoms with Gasteiger partial charge in [0, 0.05) is 57.4 Å². The molecule has 0 aliphatic heterocycles. The van der Waals surface area contributed by atoms with Crippen molar-refractivity contribution >= 4 is 27.5 Å². The molecule has 0 radical (unpaired) electrons. The maximum Gasteiger partial charge on any atom is 0.274 e. The van der Waals surface area contributed by atoms with E-state index in [9.17, 15) is 4.79 Å². The molecule has 4 aromatic heterocycles. The third-order valence-corrected chi connectivity index (χ3v) is 5.31. The largest absolute Gasteiger partial charge is 0.336 e. The number of halogens is 1. The number of carbonyl (C=O) groups is 1. The Kier molecular flexibility index (Phi) is 4.95. The number of carbonyl (C=O) groups excluding carboxylic acids is 1. The van der Waals surface area contributed by atoms with Crippen LogP contribution in [0.1, 0.15) is 28.7 Å². The van der Waals surface area contributed by atoms with Crippen molar-refractivity contribution in [2.75, 3.05) is 7.05 Å². The molecule has 0 fully saturated rings. The van der Waals surface area contributed by atoms with E-state index in [1.54, 1.807) is 33.4 Å². The molecule has 0 atom stereocenters. The zero-order valence-corrected chi connectivity index (χ0v) is 18.3. The van der Waals surface area contributed by atoms with Crippen LogP contribution in [0.5, 0.6) is 0 Å². The summed E-state index contributed by atoms with van der Waals surface area (Å²) in [6, 6.07) is 3.53. The fourth-order valence-corrected chi connectivity index (χ4v) is 3.76. The van der Waals surface area contributed by atoms with Crippen LogP contribution in [0.2, 0.25) is 0 Å². The SMILES string of the molecule is CCn1cc(Br)c(-c2ccnc3cc(C(=O)N(C)Cc4cn(C)nc4C)nn23)n1. The Bertz CT molecular complexity index is 1200. The summed E-state index contributed by atoms with van der Waals surface area (Å²) < 4.78 is 6.10. The summed E-state index contributed by atoms with van der Waals surface area (Å²) in [6.45, 7) is 5.17. The Hall–Kier alpha value is -3.01. The van der Waals surface area contributed by atoms with Crippen LogP contribution < -0.4 is 0 Å². The highest BCUT2D eigenvalue weighted by atomic mass is 79.9. The van der Waals surface area contributed by atoms with Gasteiger partial charge in [-0.25, -0.2) is 9.50 Å². The summed E-state index contributed by atoms with van der Waals surface area (Å²) in [6.07, 6.45) is 5.53. The predicted molar refractivity (Wildman–Crippen MR) is 111 cm³/mol. The second-order valence-electron chi connectivity index (χ2n) is 6.89. The summed E-state index contributed by atoms with van der Waals surface area (Å²) in [5, 5.41) is 13.4. The predicted octanol–water partition coefficient (Wildman–Crippen LogP) is 2.69. The molecule has 0 saturated carbocycles.